The normalized spacial score (nSPS) is 20.2. The number of para-hydroxylation sites is 1. The van der Waals surface area contributed by atoms with Crippen LogP contribution in [0.25, 0.3) is 0 Å². The van der Waals surface area contributed by atoms with Crippen LogP contribution in [0.3, 0.4) is 0 Å². The molecule has 2 N–H and O–H groups in total. The molecule has 1 aliphatic heterocycles. The molecule has 0 saturated heterocycles. The number of hydrazone groups is 1. The van der Waals surface area contributed by atoms with Gasteiger partial charge in [0.25, 0.3) is 0 Å². The van der Waals surface area contributed by atoms with Crippen molar-refractivity contribution in [1.82, 2.24) is 0 Å². The highest BCUT2D eigenvalue weighted by Gasteiger charge is 2.25. The molecule has 3 rings (SSSR count). The summed E-state index contributed by atoms with van der Waals surface area (Å²) in [5, 5.41) is 3.90. The Hall–Kier alpha value is -2.29. The molecule has 0 aromatic heterocycles. The van der Waals surface area contributed by atoms with Crippen molar-refractivity contribution in [3.63, 3.8) is 0 Å². The molecule has 2 aromatic carbocycles. The molecule has 3 heteroatoms. The maximum absolute atomic E-state index is 6.01. The molecular formula is C15H14N2O. The van der Waals surface area contributed by atoms with E-state index >= 15 is 0 Å². The van der Waals surface area contributed by atoms with Crippen LogP contribution in [0.15, 0.2) is 59.7 Å². The summed E-state index contributed by atoms with van der Waals surface area (Å²) < 4.78 is 6.01. The predicted molar refractivity (Wildman–Crippen MR) is 71.6 cm³/mol. The monoisotopic (exact) mass is 238 g/mol. The van der Waals surface area contributed by atoms with Crippen molar-refractivity contribution in [2.45, 2.75) is 12.5 Å². The van der Waals surface area contributed by atoms with Crippen molar-refractivity contribution in [2.75, 3.05) is 0 Å². The lowest BCUT2D eigenvalue weighted by Gasteiger charge is -2.27. The van der Waals surface area contributed by atoms with Crippen molar-refractivity contribution >= 4 is 5.71 Å². The van der Waals surface area contributed by atoms with Crippen LogP contribution >= 0.6 is 0 Å². The SMILES string of the molecule is N/N=C1\C[C@@H](c2ccccc2)Oc2ccccc21. The quantitative estimate of drug-likeness (QED) is 0.613. The third-order valence-corrected chi connectivity index (χ3v) is 3.17. The Morgan fingerprint density at radius 3 is 2.50 bits per heavy atom. The van der Waals surface area contributed by atoms with Gasteiger partial charge in [0, 0.05) is 12.0 Å². The highest BCUT2D eigenvalue weighted by Crippen LogP contribution is 2.34. The maximum Gasteiger partial charge on any atom is 0.129 e. The molecule has 0 saturated carbocycles. The molecule has 3 nitrogen and oxygen atoms in total. The summed E-state index contributed by atoms with van der Waals surface area (Å²) in [5.74, 6) is 6.34. The van der Waals surface area contributed by atoms with Gasteiger partial charge in [0.05, 0.1) is 5.71 Å². The first-order valence-electron chi connectivity index (χ1n) is 5.96. The number of nitrogens with two attached hydrogens (primary N) is 1. The number of fused-ring (bicyclic) bond motifs is 1. The minimum atomic E-state index is -0.0107. The zero-order valence-electron chi connectivity index (χ0n) is 9.91. The molecule has 0 bridgehead atoms. The fourth-order valence-electron chi connectivity index (χ4n) is 2.26. The first-order valence-corrected chi connectivity index (χ1v) is 5.96. The van der Waals surface area contributed by atoms with Gasteiger partial charge in [-0.1, -0.05) is 42.5 Å². The van der Waals surface area contributed by atoms with E-state index in [1.54, 1.807) is 0 Å². The van der Waals surface area contributed by atoms with E-state index in [4.69, 9.17) is 10.6 Å². The molecule has 90 valence electrons. The van der Waals surface area contributed by atoms with Gasteiger partial charge in [-0.25, -0.2) is 0 Å². The second-order valence-corrected chi connectivity index (χ2v) is 4.29. The number of ether oxygens (including phenoxy) is 1. The standard InChI is InChI=1S/C15H14N2O/c16-17-13-10-15(11-6-2-1-3-7-11)18-14-9-5-4-8-12(13)14/h1-9,15H,10,16H2/b17-13+/t15-/m0/s1. The topological polar surface area (TPSA) is 47.6 Å². The molecule has 0 aliphatic carbocycles. The number of rotatable bonds is 1. The summed E-state index contributed by atoms with van der Waals surface area (Å²) in [6.45, 7) is 0. The van der Waals surface area contributed by atoms with Gasteiger partial charge in [-0.15, -0.1) is 0 Å². The van der Waals surface area contributed by atoms with Crippen molar-refractivity contribution in [3.8, 4) is 5.75 Å². The van der Waals surface area contributed by atoms with Crippen LogP contribution in [-0.2, 0) is 0 Å². The fourth-order valence-corrected chi connectivity index (χ4v) is 2.26. The Bertz CT molecular complexity index is 578. The van der Waals surface area contributed by atoms with E-state index < -0.39 is 0 Å². The molecule has 1 heterocycles. The number of benzene rings is 2. The van der Waals surface area contributed by atoms with Crippen molar-refractivity contribution in [3.05, 3.63) is 65.7 Å². The zero-order chi connectivity index (χ0) is 12.4. The summed E-state index contributed by atoms with van der Waals surface area (Å²) in [5.41, 5.74) is 3.03. The summed E-state index contributed by atoms with van der Waals surface area (Å²) >= 11 is 0. The van der Waals surface area contributed by atoms with Crippen molar-refractivity contribution < 1.29 is 4.74 Å². The molecule has 1 atom stereocenters. The summed E-state index contributed by atoms with van der Waals surface area (Å²) in [6.07, 6.45) is 0.695. The number of nitrogens with zero attached hydrogens (tertiary/aromatic N) is 1. The third kappa shape index (κ3) is 1.84. The van der Waals surface area contributed by atoms with Crippen molar-refractivity contribution in [1.29, 1.82) is 0 Å². The van der Waals surface area contributed by atoms with Gasteiger partial charge in [0.15, 0.2) is 0 Å². The van der Waals surface area contributed by atoms with Crippen LogP contribution in [0.5, 0.6) is 5.75 Å². The van der Waals surface area contributed by atoms with Crippen LogP contribution in [0.2, 0.25) is 0 Å². The van der Waals surface area contributed by atoms with Gasteiger partial charge in [-0.2, -0.15) is 5.10 Å². The number of hydrogen-bond acceptors (Lipinski definition) is 3. The van der Waals surface area contributed by atoms with Gasteiger partial charge in [0.1, 0.15) is 11.9 Å². The van der Waals surface area contributed by atoms with E-state index in [0.29, 0.717) is 6.42 Å². The van der Waals surface area contributed by atoms with Crippen LogP contribution in [0.4, 0.5) is 0 Å². The zero-order valence-corrected chi connectivity index (χ0v) is 9.91. The van der Waals surface area contributed by atoms with Gasteiger partial charge >= 0.3 is 0 Å². The lowest BCUT2D eigenvalue weighted by atomic mass is 9.96. The number of hydrogen-bond donors (Lipinski definition) is 1. The van der Waals surface area contributed by atoms with Gasteiger partial charge < -0.3 is 10.6 Å². The van der Waals surface area contributed by atoms with Gasteiger partial charge in [0.2, 0.25) is 0 Å². The molecular weight excluding hydrogens is 224 g/mol. The predicted octanol–water partition coefficient (Wildman–Crippen LogP) is 2.87. The summed E-state index contributed by atoms with van der Waals surface area (Å²) in [6, 6.07) is 18.0. The van der Waals surface area contributed by atoms with Gasteiger partial charge in [-0.3, -0.25) is 0 Å². The van der Waals surface area contributed by atoms with Crippen LogP contribution in [0, 0.1) is 0 Å². The van der Waals surface area contributed by atoms with Crippen molar-refractivity contribution in [2.24, 2.45) is 10.9 Å². The second kappa shape index (κ2) is 4.53. The van der Waals surface area contributed by atoms with Crippen LogP contribution < -0.4 is 10.6 Å². The largest absolute Gasteiger partial charge is 0.485 e. The Morgan fingerprint density at radius 1 is 1.00 bits per heavy atom. The molecule has 0 spiro atoms. The van der Waals surface area contributed by atoms with Gasteiger partial charge in [-0.05, 0) is 17.7 Å². The van der Waals surface area contributed by atoms with E-state index in [0.717, 1.165) is 22.6 Å². The highest BCUT2D eigenvalue weighted by molar-refractivity contribution is 6.03. The Kier molecular flexibility index (Phi) is 2.73. The fraction of sp³-hybridized carbons (Fsp3) is 0.133. The molecule has 2 aromatic rings. The molecule has 0 radical (unpaired) electrons. The smallest absolute Gasteiger partial charge is 0.129 e. The minimum absolute atomic E-state index is 0.0107. The Morgan fingerprint density at radius 2 is 1.72 bits per heavy atom. The van der Waals surface area contributed by atoms with E-state index in [1.165, 1.54) is 0 Å². The molecule has 0 unspecified atom stereocenters. The van der Waals surface area contributed by atoms with Crippen LogP contribution in [-0.4, -0.2) is 5.71 Å². The molecule has 0 amide bonds. The molecule has 1 aliphatic rings. The summed E-state index contributed by atoms with van der Waals surface area (Å²) in [4.78, 5) is 0. The highest BCUT2D eigenvalue weighted by atomic mass is 16.5. The Labute approximate surface area is 106 Å². The first kappa shape index (κ1) is 10.8. The Balaban J connectivity index is 2.00. The minimum Gasteiger partial charge on any atom is -0.485 e. The lowest BCUT2D eigenvalue weighted by Crippen LogP contribution is -2.21. The summed E-state index contributed by atoms with van der Waals surface area (Å²) in [7, 11) is 0. The molecule has 18 heavy (non-hydrogen) atoms. The lowest BCUT2D eigenvalue weighted by molar-refractivity contribution is 0.206. The third-order valence-electron chi connectivity index (χ3n) is 3.17. The second-order valence-electron chi connectivity index (χ2n) is 4.29. The maximum atomic E-state index is 6.01. The average molecular weight is 238 g/mol. The average Bonchev–Trinajstić information content (AvgIpc) is 2.47. The van der Waals surface area contributed by atoms with E-state index in [9.17, 15) is 0 Å². The first-order chi connectivity index (χ1) is 8.88. The van der Waals surface area contributed by atoms with E-state index in [2.05, 4.69) is 17.2 Å². The van der Waals surface area contributed by atoms with E-state index in [1.807, 2.05) is 42.5 Å². The molecule has 0 fully saturated rings. The van der Waals surface area contributed by atoms with E-state index in [-0.39, 0.29) is 6.10 Å². The van der Waals surface area contributed by atoms with Crippen LogP contribution in [0.1, 0.15) is 23.7 Å².